The van der Waals surface area contributed by atoms with Gasteiger partial charge in [0.15, 0.2) is 0 Å². The van der Waals surface area contributed by atoms with Crippen molar-refractivity contribution < 1.29 is 5.11 Å². The Morgan fingerprint density at radius 1 is 0.913 bits per heavy atom. The number of rotatable bonds is 3. The van der Waals surface area contributed by atoms with E-state index in [2.05, 4.69) is 22.9 Å². The van der Waals surface area contributed by atoms with Crippen molar-refractivity contribution in [2.45, 2.75) is 32.3 Å². The van der Waals surface area contributed by atoms with Crippen molar-refractivity contribution in [1.82, 2.24) is 9.78 Å². The number of benzene rings is 2. The second-order valence-corrected chi connectivity index (χ2v) is 6.04. The summed E-state index contributed by atoms with van der Waals surface area (Å²) < 4.78 is 2.10. The lowest BCUT2D eigenvalue weighted by atomic mass is 9.92. The van der Waals surface area contributed by atoms with Gasteiger partial charge < -0.3 is 5.11 Å². The van der Waals surface area contributed by atoms with Gasteiger partial charge in [-0.05, 0) is 43.4 Å². The summed E-state index contributed by atoms with van der Waals surface area (Å²) in [4.78, 5) is 0. The SMILES string of the molecule is OCc1ccccc1-c1nn(-c2ccccc2)c2c1CCCC2. The Labute approximate surface area is 136 Å². The fourth-order valence-electron chi connectivity index (χ4n) is 3.49. The second kappa shape index (κ2) is 6.01. The Morgan fingerprint density at radius 3 is 2.48 bits per heavy atom. The third-order valence-corrected chi connectivity index (χ3v) is 4.62. The Hall–Kier alpha value is -2.39. The lowest BCUT2D eigenvalue weighted by molar-refractivity contribution is 0.282. The van der Waals surface area contributed by atoms with Crippen LogP contribution in [0.25, 0.3) is 16.9 Å². The van der Waals surface area contributed by atoms with E-state index in [1.165, 1.54) is 24.1 Å². The van der Waals surface area contributed by atoms with Crippen LogP contribution in [0.4, 0.5) is 0 Å². The number of para-hydroxylation sites is 1. The van der Waals surface area contributed by atoms with E-state index in [1.54, 1.807) is 0 Å². The number of hydrogen-bond donors (Lipinski definition) is 1. The smallest absolute Gasteiger partial charge is 0.0966 e. The molecule has 3 aromatic rings. The molecule has 0 bridgehead atoms. The van der Waals surface area contributed by atoms with Crippen LogP contribution in [0.5, 0.6) is 0 Å². The molecule has 1 heterocycles. The predicted octanol–water partition coefficient (Wildman–Crippen LogP) is 3.91. The highest BCUT2D eigenvalue weighted by atomic mass is 16.3. The Balaban J connectivity index is 1.93. The summed E-state index contributed by atoms with van der Waals surface area (Å²) in [5.74, 6) is 0. The summed E-state index contributed by atoms with van der Waals surface area (Å²) in [6.45, 7) is 0.0448. The van der Waals surface area contributed by atoms with E-state index < -0.39 is 0 Å². The standard InChI is InChI=1S/C20H20N2O/c23-14-15-8-4-5-11-17(15)20-18-12-6-7-13-19(18)22(21-20)16-9-2-1-3-10-16/h1-5,8-11,23H,6-7,12-14H2. The molecule has 0 atom stereocenters. The molecule has 0 amide bonds. The molecule has 3 heteroatoms. The van der Waals surface area contributed by atoms with Crippen molar-refractivity contribution in [2.24, 2.45) is 0 Å². The van der Waals surface area contributed by atoms with Crippen LogP contribution in [0.3, 0.4) is 0 Å². The highest BCUT2D eigenvalue weighted by Crippen LogP contribution is 2.34. The minimum absolute atomic E-state index is 0.0448. The maximum Gasteiger partial charge on any atom is 0.0966 e. The molecular formula is C20H20N2O. The Kier molecular flexibility index (Phi) is 3.72. The molecule has 1 aliphatic carbocycles. The van der Waals surface area contributed by atoms with Crippen molar-refractivity contribution in [3.05, 3.63) is 71.4 Å². The minimum atomic E-state index is 0.0448. The van der Waals surface area contributed by atoms with Crippen molar-refractivity contribution in [1.29, 1.82) is 0 Å². The molecule has 1 aliphatic rings. The van der Waals surface area contributed by atoms with E-state index in [4.69, 9.17) is 5.10 Å². The maximum atomic E-state index is 9.67. The molecule has 4 rings (SSSR count). The Morgan fingerprint density at radius 2 is 1.65 bits per heavy atom. The second-order valence-electron chi connectivity index (χ2n) is 6.04. The molecule has 2 aromatic carbocycles. The van der Waals surface area contributed by atoms with Gasteiger partial charge in [-0.2, -0.15) is 5.10 Å². The Bertz CT molecular complexity index is 821. The van der Waals surface area contributed by atoms with Gasteiger partial charge in [0.05, 0.1) is 18.0 Å². The molecule has 0 fully saturated rings. The van der Waals surface area contributed by atoms with Crippen LogP contribution in [0.1, 0.15) is 29.7 Å². The molecule has 0 aliphatic heterocycles. The summed E-state index contributed by atoms with van der Waals surface area (Å²) in [5, 5.41) is 14.6. The van der Waals surface area contributed by atoms with E-state index in [1.807, 2.05) is 36.4 Å². The zero-order valence-corrected chi connectivity index (χ0v) is 13.1. The van der Waals surface area contributed by atoms with Crippen LogP contribution < -0.4 is 0 Å². The first-order valence-corrected chi connectivity index (χ1v) is 8.24. The van der Waals surface area contributed by atoms with E-state index in [0.717, 1.165) is 35.3 Å². The molecule has 3 nitrogen and oxygen atoms in total. The number of fused-ring (bicyclic) bond motifs is 1. The number of hydrogen-bond acceptors (Lipinski definition) is 2. The maximum absolute atomic E-state index is 9.67. The first-order chi connectivity index (χ1) is 11.4. The van der Waals surface area contributed by atoms with Crippen molar-refractivity contribution in [2.75, 3.05) is 0 Å². The summed E-state index contributed by atoms with van der Waals surface area (Å²) in [6, 6.07) is 18.4. The van der Waals surface area contributed by atoms with E-state index >= 15 is 0 Å². The zero-order chi connectivity index (χ0) is 15.6. The number of aliphatic hydroxyl groups excluding tert-OH is 1. The van der Waals surface area contributed by atoms with Crippen molar-refractivity contribution >= 4 is 0 Å². The quantitative estimate of drug-likeness (QED) is 0.796. The van der Waals surface area contributed by atoms with Crippen LogP contribution in [0.2, 0.25) is 0 Å². The van der Waals surface area contributed by atoms with Crippen molar-refractivity contribution in [3.63, 3.8) is 0 Å². The highest BCUT2D eigenvalue weighted by Gasteiger charge is 2.23. The number of nitrogens with zero attached hydrogens (tertiary/aromatic N) is 2. The molecule has 1 aromatic heterocycles. The summed E-state index contributed by atoms with van der Waals surface area (Å²) in [7, 11) is 0. The monoisotopic (exact) mass is 304 g/mol. The van der Waals surface area contributed by atoms with Gasteiger partial charge in [-0.15, -0.1) is 0 Å². The fourth-order valence-corrected chi connectivity index (χ4v) is 3.49. The lowest BCUT2D eigenvalue weighted by Crippen LogP contribution is -2.07. The molecule has 116 valence electrons. The van der Waals surface area contributed by atoms with Crippen molar-refractivity contribution in [3.8, 4) is 16.9 Å². The van der Waals surface area contributed by atoms with Gasteiger partial charge in [-0.3, -0.25) is 0 Å². The van der Waals surface area contributed by atoms with Gasteiger partial charge in [0, 0.05) is 16.8 Å². The highest BCUT2D eigenvalue weighted by molar-refractivity contribution is 5.68. The van der Waals surface area contributed by atoms with Gasteiger partial charge in [0.1, 0.15) is 0 Å². The van der Waals surface area contributed by atoms with Gasteiger partial charge >= 0.3 is 0 Å². The number of aromatic nitrogens is 2. The minimum Gasteiger partial charge on any atom is -0.392 e. The van der Waals surface area contributed by atoms with Crippen LogP contribution in [-0.4, -0.2) is 14.9 Å². The topological polar surface area (TPSA) is 38.1 Å². The third-order valence-electron chi connectivity index (χ3n) is 4.62. The van der Waals surface area contributed by atoms with Crippen LogP contribution in [0.15, 0.2) is 54.6 Å². The van der Waals surface area contributed by atoms with Gasteiger partial charge in [0.25, 0.3) is 0 Å². The third kappa shape index (κ3) is 2.47. The molecule has 0 radical (unpaired) electrons. The van der Waals surface area contributed by atoms with Gasteiger partial charge in [-0.1, -0.05) is 42.5 Å². The van der Waals surface area contributed by atoms with E-state index in [-0.39, 0.29) is 6.61 Å². The lowest BCUT2D eigenvalue weighted by Gasteiger charge is -2.14. The summed E-state index contributed by atoms with van der Waals surface area (Å²) >= 11 is 0. The molecular weight excluding hydrogens is 284 g/mol. The average Bonchev–Trinajstić information content (AvgIpc) is 3.02. The van der Waals surface area contributed by atoms with E-state index in [0.29, 0.717) is 0 Å². The van der Waals surface area contributed by atoms with Crippen LogP contribution in [-0.2, 0) is 19.4 Å². The molecule has 0 spiro atoms. The van der Waals surface area contributed by atoms with Gasteiger partial charge in [0.2, 0.25) is 0 Å². The molecule has 0 unspecified atom stereocenters. The van der Waals surface area contributed by atoms with Crippen LogP contribution in [0, 0.1) is 0 Å². The van der Waals surface area contributed by atoms with Crippen LogP contribution >= 0.6 is 0 Å². The fraction of sp³-hybridized carbons (Fsp3) is 0.250. The average molecular weight is 304 g/mol. The summed E-state index contributed by atoms with van der Waals surface area (Å²) in [6.07, 6.45) is 4.56. The number of aliphatic hydroxyl groups is 1. The molecule has 0 saturated carbocycles. The molecule has 0 saturated heterocycles. The summed E-state index contributed by atoms with van der Waals surface area (Å²) in [5.41, 5.74) is 6.82. The largest absolute Gasteiger partial charge is 0.392 e. The van der Waals surface area contributed by atoms with E-state index in [9.17, 15) is 5.11 Å². The normalized spacial score (nSPS) is 13.8. The van der Waals surface area contributed by atoms with Gasteiger partial charge in [-0.25, -0.2) is 4.68 Å². The first-order valence-electron chi connectivity index (χ1n) is 8.24. The zero-order valence-electron chi connectivity index (χ0n) is 13.1. The predicted molar refractivity (Wildman–Crippen MR) is 91.6 cm³/mol. The molecule has 23 heavy (non-hydrogen) atoms. The molecule has 1 N–H and O–H groups in total. The first kappa shape index (κ1) is 14.2.